The molecule has 10 heterocycles. The third-order valence-electron chi connectivity index (χ3n) is 16.2. The number of halogens is 1. The molecule has 0 unspecified atom stereocenters. The SMILES string of the molecule is Cc1ccc(C)c2c1C(=O)N(c1ccc(Cl)s1)C2=O.Cc1ccc(C)c2c1C(=O)N(c1ccsc1)C2=O.Cc1ccc(C)c2c1C(=O)N(c1nccs1)C2=O.Cc1ccc(N2C(=O)c3c(C)ccc(C)c3C2=O)o1.Cc1nc(N2C(=O)c3c(C)ccc(C)c3C2=O)cs1. The summed E-state index contributed by atoms with van der Waals surface area (Å²) in [5.41, 5.74) is 14.1. The van der Waals surface area contributed by atoms with Crippen molar-refractivity contribution >= 4 is 144 Å². The Labute approximate surface area is 554 Å². The Kier molecular flexibility index (Phi) is 17.5. The zero-order chi connectivity index (χ0) is 66.9. The van der Waals surface area contributed by atoms with Gasteiger partial charge in [0, 0.05) is 28.4 Å². The fourth-order valence-electron chi connectivity index (χ4n) is 11.5. The number of thiazole rings is 2. The molecular weight excluding hydrogens is 1280 g/mol. The molecule has 468 valence electrons. The van der Waals surface area contributed by atoms with Gasteiger partial charge in [0.2, 0.25) is 5.88 Å². The normalized spacial score (nSPS) is 14.2. The number of hydrogen-bond donors (Lipinski definition) is 0. The number of rotatable bonds is 5. The van der Waals surface area contributed by atoms with Crippen LogP contribution in [-0.4, -0.2) is 69.0 Å². The molecule has 0 radical (unpaired) electrons. The van der Waals surface area contributed by atoms with Crippen LogP contribution in [0.3, 0.4) is 0 Å². The molecule has 5 aromatic carbocycles. The van der Waals surface area contributed by atoms with E-state index in [0.717, 1.165) is 70.4 Å². The number of carbonyl (C=O) groups excluding carboxylic acids is 10. The highest BCUT2D eigenvalue weighted by atomic mass is 35.5. The number of hydrogen-bond acceptors (Lipinski definition) is 17. The van der Waals surface area contributed by atoms with E-state index in [9.17, 15) is 47.9 Å². The molecular formula is C70H56ClN7O11S4. The fourth-order valence-corrected chi connectivity index (χ4v) is 14.4. The number of imide groups is 5. The van der Waals surface area contributed by atoms with E-state index in [1.165, 1.54) is 60.0 Å². The van der Waals surface area contributed by atoms with Crippen molar-refractivity contribution in [2.24, 2.45) is 0 Å². The van der Waals surface area contributed by atoms with Crippen LogP contribution < -0.4 is 24.5 Å². The van der Waals surface area contributed by atoms with Gasteiger partial charge in [-0.25, -0.2) is 34.5 Å². The molecule has 23 heteroatoms. The van der Waals surface area contributed by atoms with Gasteiger partial charge in [0.1, 0.15) is 10.8 Å². The van der Waals surface area contributed by atoms with Crippen LogP contribution in [0.4, 0.5) is 27.5 Å². The van der Waals surface area contributed by atoms with Crippen LogP contribution in [-0.2, 0) is 0 Å². The smallest absolute Gasteiger partial charge is 0.268 e. The summed E-state index contributed by atoms with van der Waals surface area (Å²) >= 11 is 11.3. The van der Waals surface area contributed by atoms with Gasteiger partial charge >= 0.3 is 0 Å². The highest BCUT2D eigenvalue weighted by Crippen LogP contribution is 2.40. The molecule has 10 aromatic rings. The second-order valence-corrected chi connectivity index (χ2v) is 26.9. The number of carbonyl (C=O) groups is 10. The largest absolute Gasteiger partial charge is 0.445 e. The first-order chi connectivity index (χ1) is 44.2. The van der Waals surface area contributed by atoms with Crippen molar-refractivity contribution in [1.82, 2.24) is 9.97 Å². The lowest BCUT2D eigenvalue weighted by molar-refractivity contribution is 0.0904. The molecule has 0 aliphatic carbocycles. The predicted octanol–water partition coefficient (Wildman–Crippen LogP) is 15.4. The van der Waals surface area contributed by atoms with Gasteiger partial charge in [-0.15, -0.1) is 34.0 Å². The second kappa shape index (κ2) is 25.3. The molecule has 10 amide bonds. The number of fused-ring (bicyclic) bond motifs is 5. The van der Waals surface area contributed by atoms with E-state index in [1.807, 2.05) is 148 Å². The van der Waals surface area contributed by atoms with Gasteiger partial charge < -0.3 is 4.42 Å². The second-order valence-electron chi connectivity index (χ2n) is 22.5. The van der Waals surface area contributed by atoms with E-state index in [4.69, 9.17) is 16.0 Å². The van der Waals surface area contributed by atoms with Crippen LogP contribution in [0.1, 0.15) is 170 Å². The van der Waals surface area contributed by atoms with E-state index in [1.54, 1.807) is 54.2 Å². The number of amides is 10. The van der Waals surface area contributed by atoms with Gasteiger partial charge in [0.25, 0.3) is 59.1 Å². The number of nitrogens with zero attached hydrogens (tertiary/aromatic N) is 7. The molecule has 0 atom stereocenters. The quantitative estimate of drug-likeness (QED) is 0.146. The maximum Gasteiger partial charge on any atom is 0.268 e. The van der Waals surface area contributed by atoms with Gasteiger partial charge in [0.05, 0.1) is 70.7 Å². The molecule has 0 N–H and O–H groups in total. The van der Waals surface area contributed by atoms with Crippen molar-refractivity contribution in [3.8, 4) is 0 Å². The van der Waals surface area contributed by atoms with E-state index in [2.05, 4.69) is 9.97 Å². The predicted molar refractivity (Wildman–Crippen MR) is 361 cm³/mol. The molecule has 93 heavy (non-hydrogen) atoms. The average molecular weight is 1330 g/mol. The molecule has 0 saturated carbocycles. The first kappa shape index (κ1) is 64.6. The summed E-state index contributed by atoms with van der Waals surface area (Å²) in [6.07, 6.45) is 1.59. The van der Waals surface area contributed by atoms with Crippen molar-refractivity contribution < 1.29 is 52.4 Å². The molecule has 0 saturated heterocycles. The summed E-state index contributed by atoms with van der Waals surface area (Å²) in [5, 5.41) is 8.99. The number of aromatic nitrogens is 2. The molecule has 18 nitrogen and oxygen atoms in total. The zero-order valence-electron chi connectivity index (χ0n) is 52.2. The lowest BCUT2D eigenvalue weighted by atomic mass is 9.99. The van der Waals surface area contributed by atoms with Crippen LogP contribution in [0.5, 0.6) is 0 Å². The fraction of sp³-hybridized carbons (Fsp3) is 0.171. The molecule has 15 rings (SSSR count). The topological polar surface area (TPSA) is 226 Å². The molecule has 5 aliphatic rings. The Balaban J connectivity index is 0.000000119. The number of thiophene rings is 2. The van der Waals surface area contributed by atoms with Crippen LogP contribution in [0, 0.1) is 83.1 Å². The monoisotopic (exact) mass is 1330 g/mol. The maximum atomic E-state index is 12.5. The van der Waals surface area contributed by atoms with Crippen molar-refractivity contribution in [3.05, 3.63) is 245 Å². The number of benzene rings is 5. The van der Waals surface area contributed by atoms with Crippen molar-refractivity contribution in [2.45, 2.75) is 83.1 Å². The minimum absolute atomic E-state index is 0.213. The van der Waals surface area contributed by atoms with E-state index >= 15 is 0 Å². The number of furan rings is 1. The Morgan fingerprint density at radius 3 is 1.03 bits per heavy atom. The summed E-state index contributed by atoms with van der Waals surface area (Å²) in [5.74, 6) is -1.29. The van der Waals surface area contributed by atoms with E-state index < -0.39 is 0 Å². The van der Waals surface area contributed by atoms with Crippen LogP contribution >= 0.6 is 56.9 Å². The Morgan fingerprint density at radius 1 is 0.366 bits per heavy atom. The third kappa shape index (κ3) is 11.3. The standard InChI is InChI=1S/C15H13NO3.C14H10ClNO2S.C14H12N2O2S.C14H11NO2S.C13H10N2O2S/c1-8-4-5-9(2)13-12(8)14(17)16(15(13)18)11-7-6-10(3)19-11;1-7-3-4-8(2)12-11(7)13(17)16(14(12)18)10-6-5-9(15)19-10;1-7-4-5-8(2)12-11(7)13(17)16(14(12)18)10-6-19-9(3)15-10;1-8-3-4-9(2)12-11(8)13(16)15(14(12)17)10-5-6-18-7-10;1-7-3-4-8(2)10-9(7)11(16)15(12(10)17)13-14-5-6-18-13/h4-7H,1-3H3;3-6H,1-2H3;4-6H,1-3H3;3-7H,1-2H3;3-6H,1-2H3. The highest BCUT2D eigenvalue weighted by Gasteiger charge is 2.44. The zero-order valence-corrected chi connectivity index (χ0v) is 56.2. The van der Waals surface area contributed by atoms with Crippen LogP contribution in [0.15, 0.2) is 123 Å². The van der Waals surface area contributed by atoms with Crippen molar-refractivity contribution in [2.75, 3.05) is 24.5 Å². The molecule has 0 spiro atoms. The van der Waals surface area contributed by atoms with Gasteiger partial charge in [-0.2, -0.15) is 11.3 Å². The summed E-state index contributed by atoms with van der Waals surface area (Å²) in [4.78, 5) is 138. The Bertz CT molecular complexity index is 4270. The molecule has 0 bridgehead atoms. The summed E-state index contributed by atoms with van der Waals surface area (Å²) in [6, 6.07) is 27.2. The lowest BCUT2D eigenvalue weighted by Crippen LogP contribution is -2.29. The Hall–Kier alpha value is -9.97. The number of anilines is 5. The maximum absolute atomic E-state index is 12.5. The average Bonchev–Trinajstić information content (AvgIpc) is 1.65. The first-order valence-corrected chi connectivity index (χ1v) is 32.7. The van der Waals surface area contributed by atoms with E-state index in [-0.39, 0.29) is 65.0 Å². The number of aryl methyl sites for hydroxylation is 12. The van der Waals surface area contributed by atoms with Crippen molar-refractivity contribution in [3.63, 3.8) is 0 Å². The van der Waals surface area contributed by atoms with Gasteiger partial charge in [-0.05, 0) is 168 Å². The summed E-state index contributed by atoms with van der Waals surface area (Å²) in [7, 11) is 0. The van der Waals surface area contributed by atoms with E-state index in [0.29, 0.717) is 87.4 Å². The first-order valence-electron chi connectivity index (χ1n) is 28.8. The van der Waals surface area contributed by atoms with Gasteiger partial charge in [-0.1, -0.05) is 72.3 Å². The minimum atomic E-state index is -0.310. The molecule has 5 aromatic heterocycles. The summed E-state index contributed by atoms with van der Waals surface area (Å²) < 4.78 is 5.96. The van der Waals surface area contributed by atoms with Gasteiger partial charge in [0.15, 0.2) is 10.9 Å². The Morgan fingerprint density at radius 2 is 0.731 bits per heavy atom. The third-order valence-corrected chi connectivity index (χ3v) is 19.6. The lowest BCUT2D eigenvalue weighted by Gasteiger charge is -2.11. The van der Waals surface area contributed by atoms with Crippen LogP contribution in [0.25, 0.3) is 0 Å². The molecule has 5 aliphatic heterocycles. The van der Waals surface area contributed by atoms with Gasteiger partial charge in [-0.3, -0.25) is 47.9 Å². The highest BCUT2D eigenvalue weighted by molar-refractivity contribution is 7.20. The molecule has 0 fully saturated rings. The van der Waals surface area contributed by atoms with Crippen LogP contribution in [0.2, 0.25) is 4.34 Å². The summed E-state index contributed by atoms with van der Waals surface area (Å²) in [6.45, 7) is 22.1. The minimum Gasteiger partial charge on any atom is -0.445 e. The van der Waals surface area contributed by atoms with Crippen molar-refractivity contribution in [1.29, 1.82) is 0 Å².